The first-order valence-electron chi connectivity index (χ1n) is 4.39. The predicted octanol–water partition coefficient (Wildman–Crippen LogP) is 1.50. The van der Waals surface area contributed by atoms with Gasteiger partial charge in [0, 0.05) is 0 Å². The lowest BCUT2D eigenvalue weighted by Gasteiger charge is -1.99. The second-order valence-electron chi connectivity index (χ2n) is 3.18. The first kappa shape index (κ1) is 11.1. The van der Waals surface area contributed by atoms with Gasteiger partial charge in [0.25, 0.3) is 5.91 Å². The van der Waals surface area contributed by atoms with E-state index in [1.54, 1.807) is 24.3 Å². The van der Waals surface area contributed by atoms with Crippen molar-refractivity contribution in [1.29, 1.82) is 0 Å². The van der Waals surface area contributed by atoms with E-state index in [1.165, 1.54) is 0 Å². The molecule has 4 nitrogen and oxygen atoms in total. The number of benzene rings is 1. The molecule has 1 aromatic rings. The van der Waals surface area contributed by atoms with E-state index in [0.29, 0.717) is 15.3 Å². The van der Waals surface area contributed by atoms with E-state index in [-0.39, 0.29) is 11.7 Å². The molecule has 1 aliphatic heterocycles. The fourth-order valence-electron chi connectivity index (χ4n) is 1.26. The average Bonchev–Trinajstić information content (AvgIpc) is 2.51. The smallest absolute Gasteiger partial charge is 0.273 e. The number of nitrogens with one attached hydrogen (secondary N) is 2. The fraction of sp³-hybridized carbons (Fsp3) is 0. The topological polar surface area (TPSA) is 61.4 Å². The SMILES string of the molecule is O=C1NC(=S)NC1=Cc1ccc(O)c(Br)c1. The Labute approximate surface area is 105 Å². The summed E-state index contributed by atoms with van der Waals surface area (Å²) < 4.78 is 0.572. The van der Waals surface area contributed by atoms with Gasteiger partial charge in [-0.3, -0.25) is 10.1 Å². The van der Waals surface area contributed by atoms with Crippen molar-refractivity contribution >= 4 is 45.2 Å². The molecular formula is C10H7BrN2O2S. The molecule has 2 rings (SSSR count). The third-order valence-electron chi connectivity index (χ3n) is 2.00. The summed E-state index contributed by atoms with van der Waals surface area (Å²) in [5, 5.41) is 14.8. The maximum absolute atomic E-state index is 11.4. The van der Waals surface area contributed by atoms with Crippen LogP contribution in [0.25, 0.3) is 6.08 Å². The number of carbonyl (C=O) groups excluding carboxylic acids is 1. The molecule has 1 amide bonds. The summed E-state index contributed by atoms with van der Waals surface area (Å²) in [5.41, 5.74) is 1.18. The molecule has 82 valence electrons. The standard InChI is InChI=1S/C10H7BrN2O2S/c11-6-3-5(1-2-8(6)14)4-7-9(15)13-10(16)12-7/h1-4,14H,(H2,12,13,15,16). The highest BCUT2D eigenvalue weighted by atomic mass is 79.9. The van der Waals surface area contributed by atoms with E-state index in [1.807, 2.05) is 0 Å². The monoisotopic (exact) mass is 298 g/mol. The van der Waals surface area contributed by atoms with E-state index in [0.717, 1.165) is 5.56 Å². The van der Waals surface area contributed by atoms with E-state index in [4.69, 9.17) is 12.2 Å². The molecule has 1 fully saturated rings. The Balaban J connectivity index is 2.32. The van der Waals surface area contributed by atoms with Crippen LogP contribution in [0, 0.1) is 0 Å². The van der Waals surface area contributed by atoms with Gasteiger partial charge in [0.2, 0.25) is 0 Å². The van der Waals surface area contributed by atoms with Crippen LogP contribution >= 0.6 is 28.1 Å². The Bertz CT molecular complexity index is 514. The Morgan fingerprint density at radius 2 is 2.12 bits per heavy atom. The molecule has 0 spiro atoms. The zero-order valence-electron chi connectivity index (χ0n) is 7.95. The molecule has 6 heteroatoms. The number of thiocarbonyl (C=S) groups is 1. The molecule has 0 aromatic heterocycles. The largest absolute Gasteiger partial charge is 0.507 e. The van der Waals surface area contributed by atoms with Crippen LogP contribution in [0.3, 0.4) is 0 Å². The van der Waals surface area contributed by atoms with Gasteiger partial charge in [-0.25, -0.2) is 0 Å². The number of amides is 1. The molecular weight excluding hydrogens is 292 g/mol. The number of hydrogen-bond donors (Lipinski definition) is 3. The number of carbonyl (C=O) groups is 1. The van der Waals surface area contributed by atoms with Gasteiger partial charge in [0.1, 0.15) is 11.4 Å². The van der Waals surface area contributed by atoms with Gasteiger partial charge in [-0.1, -0.05) is 6.07 Å². The summed E-state index contributed by atoms with van der Waals surface area (Å²) in [4.78, 5) is 11.4. The molecule has 0 bridgehead atoms. The lowest BCUT2D eigenvalue weighted by molar-refractivity contribution is -0.115. The summed E-state index contributed by atoms with van der Waals surface area (Å²) in [7, 11) is 0. The van der Waals surface area contributed by atoms with Crippen LogP contribution in [0.5, 0.6) is 5.75 Å². The molecule has 1 aliphatic rings. The number of aromatic hydroxyl groups is 1. The molecule has 0 aliphatic carbocycles. The lowest BCUT2D eigenvalue weighted by atomic mass is 10.2. The second kappa shape index (κ2) is 4.23. The molecule has 0 saturated carbocycles. The summed E-state index contributed by atoms with van der Waals surface area (Å²) in [6, 6.07) is 4.95. The minimum Gasteiger partial charge on any atom is -0.507 e. The second-order valence-corrected chi connectivity index (χ2v) is 4.44. The molecule has 0 atom stereocenters. The van der Waals surface area contributed by atoms with Gasteiger partial charge < -0.3 is 10.4 Å². The Morgan fingerprint density at radius 1 is 1.38 bits per heavy atom. The summed E-state index contributed by atoms with van der Waals surface area (Å²) in [6.07, 6.45) is 1.65. The number of rotatable bonds is 1. The highest BCUT2D eigenvalue weighted by Crippen LogP contribution is 2.25. The minimum absolute atomic E-state index is 0.154. The van der Waals surface area contributed by atoms with Crippen molar-refractivity contribution < 1.29 is 9.90 Å². The maximum atomic E-state index is 11.4. The Hall–Kier alpha value is -1.40. The van der Waals surface area contributed by atoms with E-state index in [9.17, 15) is 9.90 Å². The lowest BCUT2D eigenvalue weighted by Crippen LogP contribution is -2.21. The van der Waals surface area contributed by atoms with Crippen molar-refractivity contribution in [3.8, 4) is 5.75 Å². The highest BCUT2D eigenvalue weighted by Gasteiger charge is 2.19. The third-order valence-corrected chi connectivity index (χ3v) is 2.84. The van der Waals surface area contributed by atoms with Gasteiger partial charge in [-0.05, 0) is 51.9 Å². The van der Waals surface area contributed by atoms with Crippen molar-refractivity contribution in [1.82, 2.24) is 10.6 Å². The quantitative estimate of drug-likeness (QED) is 0.543. The molecule has 3 N–H and O–H groups in total. The number of hydrogen-bond acceptors (Lipinski definition) is 3. The van der Waals surface area contributed by atoms with Crippen LogP contribution in [-0.2, 0) is 4.79 Å². The van der Waals surface area contributed by atoms with Crippen molar-refractivity contribution in [2.45, 2.75) is 0 Å². The third kappa shape index (κ3) is 2.23. The Kier molecular flexibility index (Phi) is 2.93. The number of phenols is 1. The van der Waals surface area contributed by atoms with Crippen LogP contribution < -0.4 is 10.6 Å². The van der Waals surface area contributed by atoms with Crippen LogP contribution in [0.1, 0.15) is 5.56 Å². The first-order chi connectivity index (χ1) is 7.56. The average molecular weight is 299 g/mol. The van der Waals surface area contributed by atoms with Gasteiger partial charge in [-0.2, -0.15) is 0 Å². The summed E-state index contributed by atoms with van der Waals surface area (Å²) in [5.74, 6) is -0.101. The van der Waals surface area contributed by atoms with Gasteiger partial charge >= 0.3 is 0 Å². The predicted molar refractivity (Wildman–Crippen MR) is 67.7 cm³/mol. The van der Waals surface area contributed by atoms with Gasteiger partial charge in [0.05, 0.1) is 4.47 Å². The van der Waals surface area contributed by atoms with Gasteiger partial charge in [0.15, 0.2) is 5.11 Å². The van der Waals surface area contributed by atoms with E-state index < -0.39 is 0 Å². The van der Waals surface area contributed by atoms with Crippen LogP contribution in [0.4, 0.5) is 0 Å². The molecule has 1 saturated heterocycles. The zero-order chi connectivity index (χ0) is 11.7. The van der Waals surface area contributed by atoms with E-state index in [2.05, 4.69) is 26.6 Å². The van der Waals surface area contributed by atoms with Crippen molar-refractivity contribution in [3.63, 3.8) is 0 Å². The molecule has 16 heavy (non-hydrogen) atoms. The van der Waals surface area contributed by atoms with Crippen molar-refractivity contribution in [3.05, 3.63) is 33.9 Å². The summed E-state index contributed by atoms with van der Waals surface area (Å²) in [6.45, 7) is 0. The highest BCUT2D eigenvalue weighted by molar-refractivity contribution is 9.10. The zero-order valence-corrected chi connectivity index (χ0v) is 10.4. The van der Waals surface area contributed by atoms with Crippen LogP contribution in [-0.4, -0.2) is 16.1 Å². The van der Waals surface area contributed by atoms with Crippen LogP contribution in [0.15, 0.2) is 28.4 Å². The Morgan fingerprint density at radius 3 is 2.69 bits per heavy atom. The first-order valence-corrected chi connectivity index (χ1v) is 5.59. The van der Waals surface area contributed by atoms with Crippen molar-refractivity contribution in [2.24, 2.45) is 0 Å². The van der Waals surface area contributed by atoms with Crippen LogP contribution in [0.2, 0.25) is 0 Å². The van der Waals surface area contributed by atoms with Crippen molar-refractivity contribution in [2.75, 3.05) is 0 Å². The molecule has 0 unspecified atom stereocenters. The minimum atomic E-state index is -0.255. The number of halogens is 1. The van der Waals surface area contributed by atoms with Gasteiger partial charge in [-0.15, -0.1) is 0 Å². The summed E-state index contributed by atoms with van der Waals surface area (Å²) >= 11 is 8.00. The molecule has 1 heterocycles. The maximum Gasteiger partial charge on any atom is 0.273 e. The van der Waals surface area contributed by atoms with E-state index >= 15 is 0 Å². The number of phenolic OH excluding ortho intramolecular Hbond substituents is 1. The molecule has 1 aromatic carbocycles. The molecule has 0 radical (unpaired) electrons. The fourth-order valence-corrected chi connectivity index (χ4v) is 1.86. The normalized spacial score (nSPS) is 17.4.